The van der Waals surface area contributed by atoms with Gasteiger partial charge in [0.05, 0.1) is 0 Å². The van der Waals surface area contributed by atoms with Crippen molar-refractivity contribution in [2.75, 3.05) is 12.1 Å². The zero-order valence-electron chi connectivity index (χ0n) is 14.9. The first-order chi connectivity index (χ1) is 13.7. The van der Waals surface area contributed by atoms with E-state index in [1.807, 2.05) is 60.7 Å². The first kappa shape index (κ1) is 17.4. The van der Waals surface area contributed by atoms with Gasteiger partial charge in [-0.2, -0.15) is 5.26 Å². The van der Waals surface area contributed by atoms with Crippen molar-refractivity contribution in [1.29, 1.82) is 5.26 Å². The number of fused-ring (bicyclic) bond motifs is 2. The number of rotatable bonds is 5. The molecule has 1 aliphatic heterocycles. The summed E-state index contributed by atoms with van der Waals surface area (Å²) in [4.78, 5) is 12.3. The predicted molar refractivity (Wildman–Crippen MR) is 106 cm³/mol. The van der Waals surface area contributed by atoms with Crippen LogP contribution in [-0.2, 0) is 11.3 Å². The third-order valence-corrected chi connectivity index (χ3v) is 4.39. The van der Waals surface area contributed by atoms with Crippen molar-refractivity contribution in [2.45, 2.75) is 6.54 Å². The van der Waals surface area contributed by atoms with E-state index in [4.69, 9.17) is 9.47 Å². The van der Waals surface area contributed by atoms with Crippen LogP contribution >= 0.6 is 0 Å². The third kappa shape index (κ3) is 3.74. The van der Waals surface area contributed by atoms with Crippen LogP contribution in [0, 0.1) is 11.3 Å². The number of amides is 1. The molecule has 28 heavy (non-hydrogen) atoms. The molecule has 4 rings (SSSR count). The highest BCUT2D eigenvalue weighted by Crippen LogP contribution is 2.32. The van der Waals surface area contributed by atoms with Crippen molar-refractivity contribution in [2.24, 2.45) is 0 Å². The minimum absolute atomic E-state index is 0.00565. The summed E-state index contributed by atoms with van der Waals surface area (Å²) in [6.07, 6.45) is 1.42. The van der Waals surface area contributed by atoms with Gasteiger partial charge in [-0.25, -0.2) is 0 Å². The molecule has 0 fully saturated rings. The van der Waals surface area contributed by atoms with Crippen molar-refractivity contribution < 1.29 is 14.3 Å². The lowest BCUT2D eigenvalue weighted by Crippen LogP contribution is -2.24. The Morgan fingerprint density at radius 1 is 1.04 bits per heavy atom. The summed E-state index contributed by atoms with van der Waals surface area (Å²) in [5.74, 6) is 0.890. The van der Waals surface area contributed by atoms with Crippen LogP contribution in [0.15, 0.2) is 72.4 Å². The van der Waals surface area contributed by atoms with Crippen LogP contribution in [-0.4, -0.2) is 12.7 Å². The lowest BCUT2D eigenvalue weighted by atomic mass is 10.1. The Labute approximate surface area is 162 Å². The van der Waals surface area contributed by atoms with Gasteiger partial charge in [-0.3, -0.25) is 4.79 Å². The molecule has 0 unspecified atom stereocenters. The van der Waals surface area contributed by atoms with Gasteiger partial charge in [-0.1, -0.05) is 36.4 Å². The molecule has 0 atom stereocenters. The number of nitrogens with zero attached hydrogens (tertiary/aromatic N) is 1. The second-order valence-electron chi connectivity index (χ2n) is 6.25. The monoisotopic (exact) mass is 371 g/mol. The largest absolute Gasteiger partial charge is 0.454 e. The zero-order valence-corrected chi connectivity index (χ0v) is 14.9. The number of nitrogens with one attached hydrogen (secondary N) is 2. The fourth-order valence-corrected chi connectivity index (χ4v) is 2.91. The molecule has 0 radical (unpaired) electrons. The lowest BCUT2D eigenvalue weighted by Gasteiger charge is -2.07. The van der Waals surface area contributed by atoms with E-state index in [-0.39, 0.29) is 18.9 Å². The summed E-state index contributed by atoms with van der Waals surface area (Å²) >= 11 is 0. The van der Waals surface area contributed by atoms with E-state index in [1.165, 1.54) is 6.20 Å². The molecule has 0 saturated carbocycles. The maximum absolute atomic E-state index is 12.3. The van der Waals surface area contributed by atoms with Crippen molar-refractivity contribution in [1.82, 2.24) is 5.32 Å². The second kappa shape index (κ2) is 7.72. The van der Waals surface area contributed by atoms with Gasteiger partial charge >= 0.3 is 0 Å². The van der Waals surface area contributed by atoms with Gasteiger partial charge in [-0.15, -0.1) is 0 Å². The van der Waals surface area contributed by atoms with Gasteiger partial charge < -0.3 is 20.1 Å². The highest BCUT2D eigenvalue weighted by atomic mass is 16.7. The van der Waals surface area contributed by atoms with Crippen LogP contribution in [0.5, 0.6) is 11.5 Å². The van der Waals surface area contributed by atoms with Gasteiger partial charge in [0, 0.05) is 18.4 Å². The molecule has 0 spiro atoms. The van der Waals surface area contributed by atoms with Gasteiger partial charge in [0.15, 0.2) is 11.5 Å². The fraction of sp³-hybridized carbons (Fsp3) is 0.0909. The van der Waals surface area contributed by atoms with Crippen LogP contribution < -0.4 is 20.1 Å². The van der Waals surface area contributed by atoms with E-state index in [0.717, 1.165) is 22.0 Å². The summed E-state index contributed by atoms with van der Waals surface area (Å²) in [5.41, 5.74) is 1.65. The molecule has 6 nitrogen and oxygen atoms in total. The summed E-state index contributed by atoms with van der Waals surface area (Å²) in [6, 6.07) is 21.2. The molecule has 6 heteroatoms. The van der Waals surface area contributed by atoms with E-state index in [2.05, 4.69) is 10.6 Å². The van der Waals surface area contributed by atoms with E-state index in [9.17, 15) is 10.1 Å². The minimum Gasteiger partial charge on any atom is -0.454 e. The quantitative estimate of drug-likeness (QED) is 0.528. The topological polar surface area (TPSA) is 83.4 Å². The molecule has 0 aliphatic carbocycles. The van der Waals surface area contributed by atoms with E-state index >= 15 is 0 Å². The van der Waals surface area contributed by atoms with Crippen LogP contribution in [0.4, 0.5) is 5.69 Å². The Hall–Kier alpha value is -3.98. The number of anilines is 1. The molecule has 3 aromatic carbocycles. The number of carbonyl (C=O) groups excluding carboxylic acids is 1. The predicted octanol–water partition coefficient (Wildman–Crippen LogP) is 3.70. The molecule has 3 aromatic rings. The average molecular weight is 371 g/mol. The molecule has 2 N–H and O–H groups in total. The van der Waals surface area contributed by atoms with Crippen LogP contribution in [0.3, 0.4) is 0 Å². The van der Waals surface area contributed by atoms with Crippen molar-refractivity contribution in [3.8, 4) is 17.6 Å². The summed E-state index contributed by atoms with van der Waals surface area (Å²) in [7, 11) is 0. The number of benzene rings is 3. The highest BCUT2D eigenvalue weighted by Gasteiger charge is 2.14. The number of hydrogen-bond donors (Lipinski definition) is 2. The lowest BCUT2D eigenvalue weighted by molar-refractivity contribution is -0.117. The first-order valence-corrected chi connectivity index (χ1v) is 8.75. The molecule has 0 aromatic heterocycles. The van der Waals surface area contributed by atoms with Crippen molar-refractivity contribution in [3.05, 3.63) is 78.0 Å². The first-order valence-electron chi connectivity index (χ1n) is 8.75. The summed E-state index contributed by atoms with van der Waals surface area (Å²) in [5, 5.41) is 17.3. The summed E-state index contributed by atoms with van der Waals surface area (Å²) in [6.45, 7) is 0.484. The molecule has 0 saturated heterocycles. The fourth-order valence-electron chi connectivity index (χ4n) is 2.91. The van der Waals surface area contributed by atoms with Gasteiger partial charge in [0.1, 0.15) is 11.6 Å². The maximum atomic E-state index is 12.3. The Kier molecular flexibility index (Phi) is 4.81. The van der Waals surface area contributed by atoms with Crippen LogP contribution in [0.25, 0.3) is 10.8 Å². The van der Waals surface area contributed by atoms with Gasteiger partial charge in [0.2, 0.25) is 6.79 Å². The molecule has 0 bridgehead atoms. The van der Waals surface area contributed by atoms with Gasteiger partial charge in [0.25, 0.3) is 5.91 Å². The number of carbonyl (C=O) groups is 1. The molecule has 1 aliphatic rings. The third-order valence-electron chi connectivity index (χ3n) is 4.39. The number of ether oxygens (including phenoxy) is 2. The van der Waals surface area contributed by atoms with E-state index in [1.54, 1.807) is 6.07 Å². The molecular formula is C22H17N3O3. The SMILES string of the molecule is N#C/C(=C/Nc1ccc2ccccc2c1)C(=O)NCc1ccc2c(c1)OCO2. The van der Waals surface area contributed by atoms with Crippen molar-refractivity contribution in [3.63, 3.8) is 0 Å². The Balaban J connectivity index is 1.40. The molecule has 138 valence electrons. The van der Waals surface area contributed by atoms with Gasteiger partial charge in [-0.05, 0) is 40.6 Å². The second-order valence-corrected chi connectivity index (χ2v) is 6.25. The number of nitriles is 1. The Bertz CT molecular complexity index is 1120. The average Bonchev–Trinajstić information content (AvgIpc) is 3.20. The Morgan fingerprint density at radius 2 is 1.86 bits per heavy atom. The zero-order chi connectivity index (χ0) is 19.3. The maximum Gasteiger partial charge on any atom is 0.263 e. The van der Waals surface area contributed by atoms with Crippen LogP contribution in [0.2, 0.25) is 0 Å². The van der Waals surface area contributed by atoms with E-state index < -0.39 is 5.91 Å². The number of hydrogen-bond acceptors (Lipinski definition) is 5. The van der Waals surface area contributed by atoms with Crippen molar-refractivity contribution >= 4 is 22.4 Å². The normalized spacial score (nSPS) is 12.5. The highest BCUT2D eigenvalue weighted by molar-refractivity contribution is 5.97. The molecule has 1 heterocycles. The van der Waals surface area contributed by atoms with Crippen LogP contribution in [0.1, 0.15) is 5.56 Å². The summed E-state index contributed by atoms with van der Waals surface area (Å²) < 4.78 is 10.6. The Morgan fingerprint density at radius 3 is 2.71 bits per heavy atom. The minimum atomic E-state index is -0.451. The standard InChI is InChI=1S/C22H17N3O3/c23-11-18(13-24-19-7-6-16-3-1-2-4-17(16)10-19)22(26)25-12-15-5-8-20-21(9-15)28-14-27-20/h1-10,13,24H,12,14H2,(H,25,26)/b18-13-. The smallest absolute Gasteiger partial charge is 0.263 e. The van der Waals surface area contributed by atoms with E-state index in [0.29, 0.717) is 11.5 Å². The molecular weight excluding hydrogens is 354 g/mol. The molecule has 1 amide bonds.